The Hall–Kier alpha value is -2.09. The fourth-order valence-electron chi connectivity index (χ4n) is 1.18. The lowest BCUT2D eigenvalue weighted by Crippen LogP contribution is -2.44. The quantitative estimate of drug-likeness (QED) is 0.163. The zero-order chi connectivity index (χ0) is 15.7. The number of carbonyl (C=O) groups is 1. The average molecular weight is 400 g/mol. The van der Waals surface area contributed by atoms with E-state index in [1.54, 1.807) is 0 Å². The highest BCUT2D eigenvalue weighted by atomic mass is 127. The van der Waals surface area contributed by atoms with E-state index in [1.165, 1.54) is 0 Å². The van der Waals surface area contributed by atoms with Gasteiger partial charge < -0.3 is 16.2 Å². The Kier molecular flexibility index (Phi) is 4.39. The van der Waals surface area contributed by atoms with E-state index in [1.807, 2.05) is 5.32 Å². The number of anilines is 1. The van der Waals surface area contributed by atoms with Crippen LogP contribution in [0.2, 0.25) is 0 Å². The van der Waals surface area contributed by atoms with Crippen LogP contribution in [0.3, 0.4) is 0 Å². The molecule has 12 heteroatoms. The van der Waals surface area contributed by atoms with Gasteiger partial charge in [0.05, 0.1) is 15.9 Å². The molecule has 0 spiro atoms. The molecule has 0 aliphatic heterocycles. The Morgan fingerprint density at radius 2 is 1.85 bits per heavy atom. The SMILES string of the molecule is NC(=O)C(O)(I)Nc1cc(F)c([N+](=O)[O-])cc1[N+](=O)[O-]. The van der Waals surface area contributed by atoms with Crippen molar-refractivity contribution in [1.82, 2.24) is 0 Å². The summed E-state index contributed by atoms with van der Waals surface area (Å²) < 4.78 is 11.0. The number of aliphatic hydroxyl groups is 1. The molecule has 0 heterocycles. The Labute approximate surface area is 123 Å². The first kappa shape index (κ1) is 16.0. The second kappa shape index (κ2) is 5.49. The summed E-state index contributed by atoms with van der Waals surface area (Å²) in [5, 5.41) is 32.8. The van der Waals surface area contributed by atoms with Gasteiger partial charge in [-0.2, -0.15) is 4.39 Å². The van der Waals surface area contributed by atoms with Gasteiger partial charge in [-0.05, 0) is 22.6 Å². The van der Waals surface area contributed by atoms with Crippen LogP contribution in [-0.4, -0.2) is 24.6 Å². The third-order valence-corrected chi connectivity index (χ3v) is 2.89. The maximum Gasteiger partial charge on any atom is 0.311 e. The van der Waals surface area contributed by atoms with Crippen LogP contribution in [0.1, 0.15) is 0 Å². The van der Waals surface area contributed by atoms with Crippen molar-refractivity contribution >= 4 is 45.6 Å². The van der Waals surface area contributed by atoms with Crippen LogP contribution in [0, 0.1) is 26.0 Å². The minimum atomic E-state index is -2.43. The molecule has 0 radical (unpaired) electrons. The maximum atomic E-state index is 13.4. The van der Waals surface area contributed by atoms with Gasteiger partial charge in [0.15, 0.2) is 0 Å². The molecule has 0 saturated heterocycles. The topological polar surface area (TPSA) is 162 Å². The Bertz CT molecular complexity index is 607. The zero-order valence-electron chi connectivity index (χ0n) is 9.37. The smallest absolute Gasteiger partial charge is 0.311 e. The fraction of sp³-hybridized carbons (Fsp3) is 0.125. The van der Waals surface area contributed by atoms with Crippen LogP contribution in [0.25, 0.3) is 0 Å². The Balaban J connectivity index is 3.40. The van der Waals surface area contributed by atoms with Crippen LogP contribution >= 0.6 is 22.6 Å². The molecular formula is C8H6FIN4O6. The van der Waals surface area contributed by atoms with Crippen molar-refractivity contribution in [3.8, 4) is 0 Å². The number of rotatable bonds is 5. The molecule has 0 aliphatic carbocycles. The molecule has 0 saturated carbocycles. The number of nitro benzene ring substituents is 2. The van der Waals surface area contributed by atoms with Gasteiger partial charge in [0.1, 0.15) is 5.69 Å². The Morgan fingerprint density at radius 3 is 2.25 bits per heavy atom. The molecule has 20 heavy (non-hydrogen) atoms. The van der Waals surface area contributed by atoms with E-state index in [4.69, 9.17) is 5.73 Å². The van der Waals surface area contributed by atoms with Gasteiger partial charge in [0, 0.05) is 6.07 Å². The summed E-state index contributed by atoms with van der Waals surface area (Å²) in [6.45, 7) is 0. The van der Waals surface area contributed by atoms with E-state index in [0.29, 0.717) is 12.1 Å². The van der Waals surface area contributed by atoms with Gasteiger partial charge in [0.2, 0.25) is 5.82 Å². The van der Waals surface area contributed by atoms with Gasteiger partial charge in [0.25, 0.3) is 15.3 Å². The molecular weight excluding hydrogens is 394 g/mol. The predicted molar refractivity (Wildman–Crippen MR) is 71.5 cm³/mol. The number of benzene rings is 1. The van der Waals surface area contributed by atoms with E-state index >= 15 is 0 Å². The maximum absolute atomic E-state index is 13.4. The average Bonchev–Trinajstić information content (AvgIpc) is 2.27. The number of carbonyl (C=O) groups excluding carboxylic acids is 1. The lowest BCUT2D eigenvalue weighted by atomic mass is 10.2. The van der Waals surface area contributed by atoms with E-state index in [-0.39, 0.29) is 0 Å². The van der Waals surface area contributed by atoms with Gasteiger partial charge in [-0.1, -0.05) is 0 Å². The largest absolute Gasteiger partial charge is 0.365 e. The molecule has 108 valence electrons. The highest BCUT2D eigenvalue weighted by Gasteiger charge is 2.34. The third-order valence-electron chi connectivity index (χ3n) is 2.09. The molecule has 0 aromatic heterocycles. The zero-order valence-corrected chi connectivity index (χ0v) is 11.5. The Morgan fingerprint density at radius 1 is 1.35 bits per heavy atom. The van der Waals surface area contributed by atoms with Crippen molar-refractivity contribution in [1.29, 1.82) is 0 Å². The number of nitro groups is 2. The lowest BCUT2D eigenvalue weighted by molar-refractivity contribution is -0.395. The first-order valence-electron chi connectivity index (χ1n) is 4.68. The summed E-state index contributed by atoms with van der Waals surface area (Å²) in [4.78, 5) is 30.0. The first-order chi connectivity index (χ1) is 9.06. The molecule has 1 rings (SSSR count). The highest BCUT2D eigenvalue weighted by Crippen LogP contribution is 2.34. The van der Waals surface area contributed by atoms with Crippen LogP contribution in [0.15, 0.2) is 12.1 Å². The molecule has 1 atom stereocenters. The standard InChI is InChI=1S/C8H6FIN4O6/c9-3-1-4(12-8(10,16)7(11)15)6(14(19)20)2-5(3)13(17)18/h1-2,12,16H,(H2,11,15). The number of nitrogens with one attached hydrogen (secondary N) is 1. The molecule has 10 nitrogen and oxygen atoms in total. The number of primary amides is 1. The van der Waals surface area contributed by atoms with Crippen LogP contribution in [-0.2, 0) is 4.79 Å². The number of nitrogens with two attached hydrogens (primary N) is 1. The summed E-state index contributed by atoms with van der Waals surface area (Å²) in [6.07, 6.45) is 0. The molecule has 1 aromatic carbocycles. The van der Waals surface area contributed by atoms with Crippen LogP contribution in [0.4, 0.5) is 21.5 Å². The first-order valence-corrected chi connectivity index (χ1v) is 5.76. The number of amides is 1. The van der Waals surface area contributed by atoms with E-state index in [2.05, 4.69) is 0 Å². The van der Waals surface area contributed by atoms with Gasteiger partial charge in [-0.15, -0.1) is 0 Å². The lowest BCUT2D eigenvalue weighted by Gasteiger charge is -2.19. The van der Waals surface area contributed by atoms with Crippen LogP contribution < -0.4 is 11.1 Å². The molecule has 1 unspecified atom stereocenters. The summed E-state index contributed by atoms with van der Waals surface area (Å²) in [5.41, 5.74) is 2.19. The van der Waals surface area contributed by atoms with E-state index < -0.39 is 42.4 Å². The summed E-state index contributed by atoms with van der Waals surface area (Å²) in [7, 11) is 0. The summed E-state index contributed by atoms with van der Waals surface area (Å²) in [5.74, 6) is -2.66. The van der Waals surface area contributed by atoms with Crippen molar-refractivity contribution in [3.63, 3.8) is 0 Å². The van der Waals surface area contributed by atoms with Crippen molar-refractivity contribution in [3.05, 3.63) is 38.2 Å². The number of nitrogens with zero attached hydrogens (tertiary/aromatic N) is 2. The van der Waals surface area contributed by atoms with Crippen molar-refractivity contribution in [2.75, 3.05) is 5.32 Å². The normalized spacial score (nSPS) is 13.3. The van der Waals surface area contributed by atoms with Crippen molar-refractivity contribution < 1.29 is 24.1 Å². The van der Waals surface area contributed by atoms with Crippen LogP contribution in [0.5, 0.6) is 0 Å². The molecule has 0 aliphatic rings. The van der Waals surface area contributed by atoms with Crippen molar-refractivity contribution in [2.45, 2.75) is 3.73 Å². The van der Waals surface area contributed by atoms with Crippen molar-refractivity contribution in [2.24, 2.45) is 5.73 Å². The second-order valence-corrected chi connectivity index (χ2v) is 5.01. The minimum Gasteiger partial charge on any atom is -0.365 e. The summed E-state index contributed by atoms with van der Waals surface area (Å²) in [6, 6.07) is 0.786. The van der Waals surface area contributed by atoms with E-state index in [0.717, 1.165) is 22.6 Å². The number of hydrogen-bond donors (Lipinski definition) is 3. The van der Waals surface area contributed by atoms with Gasteiger partial charge in [-0.3, -0.25) is 25.0 Å². The summed E-state index contributed by atoms with van der Waals surface area (Å²) >= 11 is 1.13. The second-order valence-electron chi connectivity index (χ2n) is 3.45. The van der Waals surface area contributed by atoms with E-state index in [9.17, 15) is 34.5 Å². The molecule has 0 bridgehead atoms. The monoisotopic (exact) mass is 400 g/mol. The minimum absolute atomic E-state index is 0.366. The molecule has 4 N–H and O–H groups in total. The number of alkyl halides is 1. The molecule has 0 fully saturated rings. The molecule has 1 amide bonds. The third kappa shape index (κ3) is 3.27. The van der Waals surface area contributed by atoms with Gasteiger partial charge >= 0.3 is 5.69 Å². The fourth-order valence-corrected chi connectivity index (χ4v) is 1.47. The highest BCUT2D eigenvalue weighted by molar-refractivity contribution is 14.1. The predicted octanol–water partition coefficient (Wildman–Crippen LogP) is 0.620. The molecule has 1 aromatic rings. The van der Waals surface area contributed by atoms with Gasteiger partial charge in [-0.25, -0.2) is 0 Å². The number of halogens is 2. The number of hydrogen-bond acceptors (Lipinski definition) is 7.